The maximum atomic E-state index is 3.69. The zero-order valence-corrected chi connectivity index (χ0v) is 12.6. The van der Waals surface area contributed by atoms with Crippen molar-refractivity contribution in [3.8, 4) is 0 Å². The quantitative estimate of drug-likeness (QED) is 0.895. The highest BCUT2D eigenvalue weighted by Crippen LogP contribution is 2.14. The van der Waals surface area contributed by atoms with Crippen molar-refractivity contribution in [2.24, 2.45) is 5.92 Å². The smallest absolute Gasteiger partial charge is 0.0218 e. The fourth-order valence-electron chi connectivity index (χ4n) is 2.91. The number of hydrogen-bond acceptors (Lipinski definition) is 2. The summed E-state index contributed by atoms with van der Waals surface area (Å²) < 4.78 is 0. The molecule has 106 valence electrons. The largest absolute Gasteiger partial charge is 0.312 e. The van der Waals surface area contributed by atoms with Crippen LogP contribution in [0.15, 0.2) is 30.3 Å². The van der Waals surface area contributed by atoms with E-state index < -0.39 is 0 Å². The molecule has 0 bridgehead atoms. The zero-order valence-electron chi connectivity index (χ0n) is 12.6. The number of nitrogens with one attached hydrogen (secondary N) is 1. The van der Waals surface area contributed by atoms with Crippen LogP contribution in [0.3, 0.4) is 0 Å². The van der Waals surface area contributed by atoms with E-state index in [1.165, 1.54) is 25.1 Å². The van der Waals surface area contributed by atoms with E-state index >= 15 is 0 Å². The first-order chi connectivity index (χ1) is 9.16. The van der Waals surface area contributed by atoms with Crippen molar-refractivity contribution in [1.29, 1.82) is 0 Å². The summed E-state index contributed by atoms with van der Waals surface area (Å²) in [7, 11) is 0. The Morgan fingerprint density at radius 1 is 1.21 bits per heavy atom. The van der Waals surface area contributed by atoms with Gasteiger partial charge in [-0.05, 0) is 44.3 Å². The van der Waals surface area contributed by atoms with Crippen molar-refractivity contribution in [2.45, 2.75) is 45.7 Å². The van der Waals surface area contributed by atoms with Crippen LogP contribution in [0, 0.1) is 5.92 Å². The first kappa shape index (κ1) is 14.5. The summed E-state index contributed by atoms with van der Waals surface area (Å²) in [6.45, 7) is 10.6. The van der Waals surface area contributed by atoms with Crippen LogP contribution in [0.4, 0.5) is 0 Å². The molecule has 2 rings (SSSR count). The second kappa shape index (κ2) is 7.06. The Labute approximate surface area is 118 Å². The average Bonchev–Trinajstić information content (AvgIpc) is 2.65. The molecule has 19 heavy (non-hydrogen) atoms. The minimum absolute atomic E-state index is 0.628. The third kappa shape index (κ3) is 4.32. The van der Waals surface area contributed by atoms with E-state index in [1.54, 1.807) is 0 Å². The Bertz CT molecular complexity index is 361. The summed E-state index contributed by atoms with van der Waals surface area (Å²) in [6, 6.07) is 12.1. The Morgan fingerprint density at radius 2 is 1.95 bits per heavy atom. The summed E-state index contributed by atoms with van der Waals surface area (Å²) in [6.07, 6.45) is 2.42. The average molecular weight is 260 g/mol. The van der Waals surface area contributed by atoms with E-state index in [4.69, 9.17) is 0 Å². The summed E-state index contributed by atoms with van der Waals surface area (Å²) in [5.41, 5.74) is 1.45. The van der Waals surface area contributed by atoms with Gasteiger partial charge in [-0.3, -0.25) is 4.90 Å². The fourth-order valence-corrected chi connectivity index (χ4v) is 2.91. The molecule has 0 aromatic heterocycles. The van der Waals surface area contributed by atoms with Crippen molar-refractivity contribution in [2.75, 3.05) is 19.6 Å². The molecule has 1 aliphatic rings. The molecule has 2 nitrogen and oxygen atoms in total. The van der Waals surface area contributed by atoms with Crippen molar-refractivity contribution in [1.82, 2.24) is 10.2 Å². The molecule has 1 N–H and O–H groups in total. The van der Waals surface area contributed by atoms with Gasteiger partial charge in [-0.25, -0.2) is 0 Å². The highest BCUT2D eigenvalue weighted by atomic mass is 15.2. The lowest BCUT2D eigenvalue weighted by Gasteiger charge is -2.31. The molecule has 1 fully saturated rings. The van der Waals surface area contributed by atoms with Crippen LogP contribution in [0.25, 0.3) is 0 Å². The normalized spacial score (nSPS) is 23.3. The number of rotatable bonds is 4. The number of hydrogen-bond donors (Lipinski definition) is 1. The Hall–Kier alpha value is -0.860. The second-order valence-corrected chi connectivity index (χ2v) is 6.19. The molecule has 1 aromatic carbocycles. The minimum atomic E-state index is 0.628. The van der Waals surface area contributed by atoms with Crippen molar-refractivity contribution >= 4 is 0 Å². The predicted octanol–water partition coefficient (Wildman–Crippen LogP) is 2.94. The molecule has 0 saturated carbocycles. The Morgan fingerprint density at radius 3 is 2.63 bits per heavy atom. The molecule has 2 atom stereocenters. The highest BCUT2D eigenvalue weighted by molar-refractivity contribution is 5.15. The molecule has 0 radical (unpaired) electrons. The van der Waals surface area contributed by atoms with Gasteiger partial charge in [0.15, 0.2) is 0 Å². The van der Waals surface area contributed by atoms with Gasteiger partial charge in [0.1, 0.15) is 0 Å². The first-order valence-electron chi connectivity index (χ1n) is 7.68. The molecule has 2 unspecified atom stereocenters. The second-order valence-electron chi connectivity index (χ2n) is 6.19. The third-order valence-electron chi connectivity index (χ3n) is 4.26. The molecular weight excluding hydrogens is 232 g/mol. The molecule has 1 aromatic rings. The number of nitrogens with zero attached hydrogens (tertiary/aromatic N) is 1. The third-order valence-corrected chi connectivity index (χ3v) is 4.26. The van der Waals surface area contributed by atoms with Crippen molar-refractivity contribution in [3.63, 3.8) is 0 Å². The van der Waals surface area contributed by atoms with Gasteiger partial charge in [0.25, 0.3) is 0 Å². The van der Waals surface area contributed by atoms with E-state index in [0.29, 0.717) is 18.0 Å². The van der Waals surface area contributed by atoms with E-state index in [0.717, 1.165) is 13.0 Å². The van der Waals surface area contributed by atoms with Crippen LogP contribution >= 0.6 is 0 Å². The van der Waals surface area contributed by atoms with E-state index in [1.807, 2.05) is 0 Å². The van der Waals surface area contributed by atoms with Gasteiger partial charge in [0.05, 0.1) is 0 Å². The topological polar surface area (TPSA) is 15.3 Å². The van der Waals surface area contributed by atoms with Gasteiger partial charge in [-0.2, -0.15) is 0 Å². The Balaban J connectivity index is 1.95. The van der Waals surface area contributed by atoms with Crippen LogP contribution in [-0.4, -0.2) is 36.6 Å². The maximum absolute atomic E-state index is 3.69. The van der Waals surface area contributed by atoms with Gasteiger partial charge in [0, 0.05) is 18.6 Å². The first-order valence-corrected chi connectivity index (χ1v) is 7.68. The molecular formula is C17H28N2. The Kier molecular flexibility index (Phi) is 5.41. The van der Waals surface area contributed by atoms with Gasteiger partial charge >= 0.3 is 0 Å². The standard InChI is InChI=1S/C17H28N2/c1-14(2)17-13-19(11-7-10-18-17)15(3)12-16-8-5-4-6-9-16/h4-6,8-9,14-15,17-18H,7,10-13H2,1-3H3. The lowest BCUT2D eigenvalue weighted by molar-refractivity contribution is 0.190. The number of benzene rings is 1. The van der Waals surface area contributed by atoms with Gasteiger partial charge < -0.3 is 5.32 Å². The van der Waals surface area contributed by atoms with E-state index in [2.05, 4.69) is 61.3 Å². The lowest BCUT2D eigenvalue weighted by atomic mass is 10.0. The van der Waals surface area contributed by atoms with Gasteiger partial charge in [-0.1, -0.05) is 44.2 Å². The summed E-state index contributed by atoms with van der Waals surface area (Å²) in [4.78, 5) is 2.66. The van der Waals surface area contributed by atoms with Crippen LogP contribution in [0.1, 0.15) is 32.8 Å². The van der Waals surface area contributed by atoms with Crippen molar-refractivity contribution < 1.29 is 0 Å². The zero-order chi connectivity index (χ0) is 13.7. The monoisotopic (exact) mass is 260 g/mol. The van der Waals surface area contributed by atoms with Crippen LogP contribution in [0.2, 0.25) is 0 Å². The fraction of sp³-hybridized carbons (Fsp3) is 0.647. The van der Waals surface area contributed by atoms with Crippen LogP contribution in [-0.2, 0) is 6.42 Å². The molecule has 0 spiro atoms. The van der Waals surface area contributed by atoms with Crippen molar-refractivity contribution in [3.05, 3.63) is 35.9 Å². The molecule has 1 heterocycles. The SMILES string of the molecule is CC(C)C1CN(C(C)Cc2ccccc2)CCCN1. The molecule has 1 aliphatic heterocycles. The summed E-state index contributed by atoms with van der Waals surface area (Å²) >= 11 is 0. The highest BCUT2D eigenvalue weighted by Gasteiger charge is 2.23. The molecule has 1 saturated heterocycles. The summed E-state index contributed by atoms with van der Waals surface area (Å²) in [5.74, 6) is 0.713. The molecule has 2 heteroatoms. The predicted molar refractivity (Wildman–Crippen MR) is 82.4 cm³/mol. The maximum Gasteiger partial charge on any atom is 0.0218 e. The van der Waals surface area contributed by atoms with Crippen LogP contribution < -0.4 is 5.32 Å². The van der Waals surface area contributed by atoms with Gasteiger partial charge in [0.2, 0.25) is 0 Å². The van der Waals surface area contributed by atoms with Crippen LogP contribution in [0.5, 0.6) is 0 Å². The summed E-state index contributed by atoms with van der Waals surface area (Å²) in [5, 5.41) is 3.69. The lowest BCUT2D eigenvalue weighted by Crippen LogP contribution is -2.44. The minimum Gasteiger partial charge on any atom is -0.312 e. The van der Waals surface area contributed by atoms with Gasteiger partial charge in [-0.15, -0.1) is 0 Å². The van der Waals surface area contributed by atoms with E-state index in [9.17, 15) is 0 Å². The molecule has 0 aliphatic carbocycles. The van der Waals surface area contributed by atoms with E-state index in [-0.39, 0.29) is 0 Å². The molecule has 0 amide bonds.